The molecule has 1 unspecified atom stereocenters. The molecule has 6 nitrogen and oxygen atoms in total. The molecule has 0 aliphatic rings. The molecule has 164 valence electrons. The number of fused-ring (bicyclic) bond motifs is 2. The minimum Gasteiger partial charge on any atom is -0.378 e. The van der Waals surface area contributed by atoms with Crippen LogP contribution in [0.5, 0.6) is 0 Å². The van der Waals surface area contributed by atoms with Crippen LogP contribution in [0, 0.1) is 0 Å². The number of amides is 1. The van der Waals surface area contributed by atoms with Crippen LogP contribution in [0.15, 0.2) is 70.6 Å². The Bertz CT molecular complexity index is 1350. The molecule has 1 heterocycles. The summed E-state index contributed by atoms with van der Waals surface area (Å²) in [6.45, 7) is 4.22. The van der Waals surface area contributed by atoms with Crippen LogP contribution in [0.4, 0.5) is 11.4 Å². The standard InChI is InChI=1S/C25H26N4O2S/c1-5-29-24(31)21-14-17-8-6-7-9-18(17)15-22(21)27-25(29)32-16(2)23(30)26-19-10-12-20(13-11-19)28(3)4/h6-16H,5H2,1-4H3,(H,26,30). The van der Waals surface area contributed by atoms with Crippen molar-refractivity contribution in [1.29, 1.82) is 0 Å². The van der Waals surface area contributed by atoms with Crippen LogP contribution in [0.1, 0.15) is 13.8 Å². The topological polar surface area (TPSA) is 67.2 Å². The molecule has 0 spiro atoms. The third-order valence-electron chi connectivity index (χ3n) is 5.41. The average Bonchev–Trinajstić information content (AvgIpc) is 2.78. The minimum atomic E-state index is -0.425. The summed E-state index contributed by atoms with van der Waals surface area (Å²) in [7, 11) is 3.94. The van der Waals surface area contributed by atoms with Gasteiger partial charge in [0.1, 0.15) is 0 Å². The lowest BCUT2D eigenvalue weighted by molar-refractivity contribution is -0.115. The highest BCUT2D eigenvalue weighted by Crippen LogP contribution is 2.26. The predicted octanol–water partition coefficient (Wildman–Crippen LogP) is 4.75. The largest absolute Gasteiger partial charge is 0.378 e. The summed E-state index contributed by atoms with van der Waals surface area (Å²) in [5, 5.41) is 5.70. The number of rotatable bonds is 6. The number of hydrogen-bond donors (Lipinski definition) is 1. The highest BCUT2D eigenvalue weighted by atomic mass is 32.2. The molecule has 0 aliphatic heterocycles. The number of thioether (sulfide) groups is 1. The number of anilines is 2. The molecule has 0 aliphatic carbocycles. The van der Waals surface area contributed by atoms with Gasteiger partial charge in [-0.2, -0.15) is 0 Å². The first-order valence-electron chi connectivity index (χ1n) is 10.6. The van der Waals surface area contributed by atoms with E-state index in [2.05, 4.69) is 5.32 Å². The lowest BCUT2D eigenvalue weighted by Gasteiger charge is -2.16. The maximum Gasteiger partial charge on any atom is 0.262 e. The van der Waals surface area contributed by atoms with Gasteiger partial charge in [-0.15, -0.1) is 0 Å². The van der Waals surface area contributed by atoms with Crippen LogP contribution in [-0.4, -0.2) is 34.8 Å². The summed E-state index contributed by atoms with van der Waals surface area (Å²) in [5.41, 5.74) is 2.36. The van der Waals surface area contributed by atoms with Gasteiger partial charge in [0.25, 0.3) is 5.56 Å². The third kappa shape index (κ3) is 4.34. The average molecular weight is 447 g/mol. The fourth-order valence-electron chi connectivity index (χ4n) is 3.56. The number of aromatic nitrogens is 2. The van der Waals surface area contributed by atoms with Gasteiger partial charge in [-0.3, -0.25) is 14.2 Å². The Morgan fingerprint density at radius 1 is 1.09 bits per heavy atom. The Labute approximate surface area is 191 Å². The van der Waals surface area contributed by atoms with Gasteiger partial charge in [0.05, 0.1) is 16.2 Å². The van der Waals surface area contributed by atoms with Gasteiger partial charge in [0.2, 0.25) is 5.91 Å². The van der Waals surface area contributed by atoms with Crippen LogP contribution in [0.25, 0.3) is 21.7 Å². The minimum absolute atomic E-state index is 0.0855. The maximum atomic E-state index is 13.2. The Kier molecular flexibility index (Phi) is 6.19. The van der Waals surface area contributed by atoms with E-state index in [4.69, 9.17) is 4.98 Å². The van der Waals surface area contributed by atoms with Crippen molar-refractivity contribution in [3.63, 3.8) is 0 Å². The van der Waals surface area contributed by atoms with Crippen molar-refractivity contribution in [2.24, 2.45) is 0 Å². The molecule has 0 bridgehead atoms. The van der Waals surface area contributed by atoms with Crippen molar-refractivity contribution in [2.75, 3.05) is 24.3 Å². The Balaban J connectivity index is 1.61. The SMILES string of the molecule is CCn1c(SC(C)C(=O)Nc2ccc(N(C)C)cc2)nc2cc3ccccc3cc2c1=O. The van der Waals surface area contributed by atoms with Gasteiger partial charge in [-0.05, 0) is 61.0 Å². The zero-order chi connectivity index (χ0) is 22.8. The molecule has 0 radical (unpaired) electrons. The Morgan fingerprint density at radius 2 is 1.75 bits per heavy atom. The van der Waals surface area contributed by atoms with Gasteiger partial charge < -0.3 is 10.2 Å². The van der Waals surface area contributed by atoms with Crippen molar-refractivity contribution < 1.29 is 4.79 Å². The van der Waals surface area contributed by atoms with Crippen molar-refractivity contribution in [3.8, 4) is 0 Å². The van der Waals surface area contributed by atoms with Crippen LogP contribution in [0.2, 0.25) is 0 Å². The molecule has 7 heteroatoms. The summed E-state index contributed by atoms with van der Waals surface area (Å²) in [5.74, 6) is -0.136. The summed E-state index contributed by atoms with van der Waals surface area (Å²) in [6, 6.07) is 19.4. The summed E-state index contributed by atoms with van der Waals surface area (Å²) < 4.78 is 1.64. The fraction of sp³-hybridized carbons (Fsp3) is 0.240. The Morgan fingerprint density at radius 3 is 2.38 bits per heavy atom. The van der Waals surface area contributed by atoms with E-state index in [0.29, 0.717) is 22.6 Å². The van der Waals surface area contributed by atoms with E-state index in [9.17, 15) is 9.59 Å². The molecular formula is C25H26N4O2S. The van der Waals surface area contributed by atoms with Crippen molar-refractivity contribution in [1.82, 2.24) is 9.55 Å². The van der Waals surface area contributed by atoms with Gasteiger partial charge in [0, 0.05) is 32.0 Å². The molecule has 1 atom stereocenters. The van der Waals surface area contributed by atoms with Crippen molar-refractivity contribution in [2.45, 2.75) is 30.8 Å². The maximum absolute atomic E-state index is 13.2. The van der Waals surface area contributed by atoms with Crippen LogP contribution in [-0.2, 0) is 11.3 Å². The van der Waals surface area contributed by atoms with E-state index in [1.165, 1.54) is 11.8 Å². The molecule has 3 aromatic carbocycles. The van der Waals surface area contributed by atoms with E-state index >= 15 is 0 Å². The summed E-state index contributed by atoms with van der Waals surface area (Å²) in [4.78, 5) is 32.7. The molecule has 1 N–H and O–H groups in total. The molecule has 32 heavy (non-hydrogen) atoms. The lowest BCUT2D eigenvalue weighted by atomic mass is 10.1. The van der Waals surface area contributed by atoms with Crippen LogP contribution < -0.4 is 15.8 Å². The number of nitrogens with zero attached hydrogens (tertiary/aromatic N) is 3. The second-order valence-electron chi connectivity index (χ2n) is 7.85. The highest BCUT2D eigenvalue weighted by Gasteiger charge is 2.19. The fourth-order valence-corrected chi connectivity index (χ4v) is 4.53. The quantitative estimate of drug-likeness (QED) is 0.263. The summed E-state index contributed by atoms with van der Waals surface area (Å²) >= 11 is 1.30. The predicted molar refractivity (Wildman–Crippen MR) is 134 cm³/mol. The molecule has 0 fully saturated rings. The van der Waals surface area contributed by atoms with E-state index in [-0.39, 0.29) is 11.5 Å². The molecule has 1 amide bonds. The second-order valence-corrected chi connectivity index (χ2v) is 9.16. The van der Waals surface area contributed by atoms with Gasteiger partial charge >= 0.3 is 0 Å². The van der Waals surface area contributed by atoms with Gasteiger partial charge in [0.15, 0.2) is 5.16 Å². The first kappa shape index (κ1) is 21.9. The van der Waals surface area contributed by atoms with Crippen molar-refractivity contribution in [3.05, 3.63) is 71.0 Å². The van der Waals surface area contributed by atoms with E-state index in [0.717, 1.165) is 22.1 Å². The van der Waals surface area contributed by atoms with E-state index in [1.807, 2.05) is 93.5 Å². The normalized spacial score (nSPS) is 12.1. The molecule has 1 aromatic heterocycles. The van der Waals surface area contributed by atoms with Crippen LogP contribution >= 0.6 is 11.8 Å². The highest BCUT2D eigenvalue weighted by molar-refractivity contribution is 8.00. The molecule has 0 saturated heterocycles. The molecule has 4 aromatic rings. The molecule has 0 saturated carbocycles. The van der Waals surface area contributed by atoms with Gasteiger partial charge in [-0.1, -0.05) is 36.0 Å². The zero-order valence-corrected chi connectivity index (χ0v) is 19.4. The smallest absolute Gasteiger partial charge is 0.262 e. The van der Waals surface area contributed by atoms with Crippen molar-refractivity contribution >= 4 is 50.7 Å². The molecule has 4 rings (SSSR count). The molecular weight excluding hydrogens is 420 g/mol. The Hall–Kier alpha value is -3.32. The third-order valence-corrected chi connectivity index (χ3v) is 6.50. The monoisotopic (exact) mass is 446 g/mol. The zero-order valence-electron chi connectivity index (χ0n) is 18.6. The van der Waals surface area contributed by atoms with Gasteiger partial charge in [-0.25, -0.2) is 4.98 Å². The van der Waals surface area contributed by atoms with Crippen LogP contribution in [0.3, 0.4) is 0 Å². The van der Waals surface area contributed by atoms with E-state index < -0.39 is 5.25 Å². The number of benzene rings is 3. The summed E-state index contributed by atoms with van der Waals surface area (Å²) in [6.07, 6.45) is 0. The number of nitrogens with one attached hydrogen (secondary N) is 1. The first-order valence-corrected chi connectivity index (χ1v) is 11.4. The number of carbonyl (C=O) groups excluding carboxylic acids is 1. The number of hydrogen-bond acceptors (Lipinski definition) is 5. The second kappa shape index (κ2) is 9.04. The van der Waals surface area contributed by atoms with E-state index in [1.54, 1.807) is 4.57 Å². The number of carbonyl (C=O) groups is 1. The lowest BCUT2D eigenvalue weighted by Crippen LogP contribution is -2.26. The first-order chi connectivity index (χ1) is 15.4.